The van der Waals surface area contributed by atoms with E-state index in [1.54, 1.807) is 0 Å². The van der Waals surface area contributed by atoms with Crippen LogP contribution in [0.1, 0.15) is 32.6 Å². The van der Waals surface area contributed by atoms with E-state index in [-0.39, 0.29) is 11.4 Å². The van der Waals surface area contributed by atoms with Crippen molar-refractivity contribution in [3.05, 3.63) is 0 Å². The van der Waals surface area contributed by atoms with Gasteiger partial charge < -0.3 is 5.32 Å². The first kappa shape index (κ1) is 9.93. The number of hydrogen-bond donors (Lipinski definition) is 1. The van der Waals surface area contributed by atoms with Crippen LogP contribution in [-0.2, 0) is 9.63 Å². The third kappa shape index (κ3) is 1.77. The number of rotatable bonds is 1. The van der Waals surface area contributed by atoms with Crippen LogP contribution in [-0.4, -0.2) is 36.2 Å². The number of carbonyl (C=O) groups excluding carboxylic acids is 1. The summed E-state index contributed by atoms with van der Waals surface area (Å²) in [5, 5.41) is 4.83. The number of nitrogens with zero attached hydrogens (tertiary/aromatic N) is 1. The molecule has 0 aliphatic carbocycles. The molecule has 0 aromatic carbocycles. The zero-order valence-electron chi connectivity index (χ0n) is 8.71. The van der Waals surface area contributed by atoms with Crippen LogP contribution >= 0.6 is 0 Å². The highest BCUT2D eigenvalue weighted by molar-refractivity contribution is 5.85. The van der Waals surface area contributed by atoms with Crippen LogP contribution in [0.25, 0.3) is 0 Å². The van der Waals surface area contributed by atoms with E-state index in [1.165, 1.54) is 11.5 Å². The first-order chi connectivity index (χ1) is 6.72. The van der Waals surface area contributed by atoms with Gasteiger partial charge in [0.15, 0.2) is 0 Å². The molecule has 2 saturated heterocycles. The molecule has 2 aliphatic rings. The van der Waals surface area contributed by atoms with E-state index in [0.29, 0.717) is 6.61 Å². The lowest BCUT2D eigenvalue weighted by Gasteiger charge is -2.35. The van der Waals surface area contributed by atoms with Gasteiger partial charge in [0, 0.05) is 0 Å². The van der Waals surface area contributed by atoms with Crippen molar-refractivity contribution in [2.75, 3.05) is 19.7 Å². The molecule has 1 amide bonds. The van der Waals surface area contributed by atoms with E-state index in [2.05, 4.69) is 5.32 Å². The van der Waals surface area contributed by atoms with Crippen LogP contribution in [0.4, 0.5) is 0 Å². The van der Waals surface area contributed by atoms with Crippen molar-refractivity contribution in [1.29, 1.82) is 0 Å². The molecule has 0 aromatic rings. The minimum absolute atomic E-state index is 0.106. The Morgan fingerprint density at radius 3 is 2.86 bits per heavy atom. The van der Waals surface area contributed by atoms with Crippen molar-refractivity contribution in [3.8, 4) is 0 Å². The molecule has 0 saturated carbocycles. The number of nitrogens with one attached hydrogen (secondary N) is 1. The lowest BCUT2D eigenvalue weighted by molar-refractivity contribution is -0.176. The van der Waals surface area contributed by atoms with Gasteiger partial charge in [-0.15, -0.1) is 0 Å². The van der Waals surface area contributed by atoms with Gasteiger partial charge in [0.25, 0.3) is 5.91 Å². The van der Waals surface area contributed by atoms with Gasteiger partial charge in [-0.2, -0.15) is 0 Å². The molecule has 0 spiro atoms. The van der Waals surface area contributed by atoms with Gasteiger partial charge in [0.1, 0.15) is 0 Å². The van der Waals surface area contributed by atoms with E-state index >= 15 is 0 Å². The highest BCUT2D eigenvalue weighted by atomic mass is 16.7. The average Bonchev–Trinajstić information content (AvgIpc) is 2.70. The Morgan fingerprint density at radius 2 is 2.29 bits per heavy atom. The SMILES string of the molecule is CC1(C(=O)N2CCCO2)CCCCN1. The van der Waals surface area contributed by atoms with Crippen LogP contribution in [0.2, 0.25) is 0 Å². The molecule has 2 aliphatic heterocycles. The minimum Gasteiger partial charge on any atom is -0.303 e. The molecule has 0 aromatic heterocycles. The van der Waals surface area contributed by atoms with Gasteiger partial charge in [0.05, 0.1) is 18.7 Å². The van der Waals surface area contributed by atoms with Crippen LogP contribution in [0, 0.1) is 0 Å². The van der Waals surface area contributed by atoms with E-state index in [1.807, 2.05) is 6.92 Å². The number of piperidine rings is 1. The van der Waals surface area contributed by atoms with E-state index < -0.39 is 0 Å². The van der Waals surface area contributed by atoms with E-state index in [4.69, 9.17) is 4.84 Å². The van der Waals surface area contributed by atoms with Crippen LogP contribution in [0.3, 0.4) is 0 Å². The molecule has 14 heavy (non-hydrogen) atoms. The fraction of sp³-hybridized carbons (Fsp3) is 0.900. The van der Waals surface area contributed by atoms with Crippen molar-refractivity contribution in [1.82, 2.24) is 10.4 Å². The van der Waals surface area contributed by atoms with E-state index in [9.17, 15) is 4.79 Å². The summed E-state index contributed by atoms with van der Waals surface area (Å²) < 4.78 is 0. The van der Waals surface area contributed by atoms with Gasteiger partial charge in [-0.05, 0) is 39.2 Å². The maximum Gasteiger partial charge on any atom is 0.266 e. The Labute approximate surface area is 84.6 Å². The molecule has 1 unspecified atom stereocenters. The van der Waals surface area contributed by atoms with Crippen LogP contribution in [0.15, 0.2) is 0 Å². The zero-order valence-corrected chi connectivity index (χ0v) is 8.71. The highest BCUT2D eigenvalue weighted by Gasteiger charge is 2.39. The topological polar surface area (TPSA) is 41.6 Å². The summed E-state index contributed by atoms with van der Waals surface area (Å²) >= 11 is 0. The molecular weight excluding hydrogens is 180 g/mol. The van der Waals surface area contributed by atoms with Crippen molar-refractivity contribution in [3.63, 3.8) is 0 Å². The molecule has 2 fully saturated rings. The largest absolute Gasteiger partial charge is 0.303 e. The Balaban J connectivity index is 2.00. The summed E-state index contributed by atoms with van der Waals surface area (Å²) in [5.41, 5.74) is -0.386. The predicted molar refractivity (Wildman–Crippen MR) is 52.5 cm³/mol. The standard InChI is InChI=1S/C10H18N2O2/c1-10(5-2-3-6-11-10)9(13)12-7-4-8-14-12/h11H,2-8H2,1H3. The predicted octanol–water partition coefficient (Wildman–Crippen LogP) is 0.682. The number of carbonyl (C=O) groups is 1. The summed E-state index contributed by atoms with van der Waals surface area (Å²) in [5.74, 6) is 0.106. The average molecular weight is 198 g/mol. The van der Waals surface area contributed by atoms with E-state index in [0.717, 1.165) is 32.4 Å². The normalized spacial score (nSPS) is 33.4. The number of hydrogen-bond acceptors (Lipinski definition) is 3. The fourth-order valence-electron chi connectivity index (χ4n) is 2.12. The van der Waals surface area contributed by atoms with Crippen molar-refractivity contribution in [2.24, 2.45) is 0 Å². The Bertz CT molecular complexity index is 218. The maximum absolute atomic E-state index is 12.1. The third-order valence-corrected chi connectivity index (χ3v) is 3.07. The van der Waals surface area contributed by atoms with Gasteiger partial charge in [-0.25, -0.2) is 5.06 Å². The summed E-state index contributed by atoms with van der Waals surface area (Å²) in [4.78, 5) is 17.3. The Kier molecular flexibility index (Phi) is 2.74. The second kappa shape index (κ2) is 3.87. The molecule has 4 heteroatoms. The lowest BCUT2D eigenvalue weighted by atomic mass is 9.90. The smallest absolute Gasteiger partial charge is 0.266 e. The third-order valence-electron chi connectivity index (χ3n) is 3.07. The zero-order chi connectivity index (χ0) is 10.0. The number of hydroxylamine groups is 2. The molecule has 2 rings (SSSR count). The lowest BCUT2D eigenvalue weighted by Crippen LogP contribution is -2.57. The summed E-state index contributed by atoms with van der Waals surface area (Å²) in [7, 11) is 0. The molecule has 80 valence electrons. The Hall–Kier alpha value is -0.610. The quantitative estimate of drug-likeness (QED) is 0.673. The molecule has 0 bridgehead atoms. The van der Waals surface area contributed by atoms with Gasteiger partial charge in [-0.1, -0.05) is 0 Å². The second-order valence-corrected chi connectivity index (χ2v) is 4.31. The van der Waals surface area contributed by atoms with Crippen molar-refractivity contribution < 1.29 is 9.63 Å². The first-order valence-corrected chi connectivity index (χ1v) is 5.42. The van der Waals surface area contributed by atoms with Gasteiger partial charge >= 0.3 is 0 Å². The molecular formula is C10H18N2O2. The molecule has 1 atom stereocenters. The molecule has 1 N–H and O–H groups in total. The second-order valence-electron chi connectivity index (χ2n) is 4.31. The fourth-order valence-corrected chi connectivity index (χ4v) is 2.12. The van der Waals surface area contributed by atoms with Crippen LogP contribution < -0.4 is 5.32 Å². The monoisotopic (exact) mass is 198 g/mol. The summed E-state index contributed by atoms with van der Waals surface area (Å²) in [6, 6.07) is 0. The first-order valence-electron chi connectivity index (χ1n) is 5.42. The number of amides is 1. The summed E-state index contributed by atoms with van der Waals surface area (Å²) in [6.07, 6.45) is 4.18. The molecule has 4 nitrogen and oxygen atoms in total. The molecule has 0 radical (unpaired) electrons. The highest BCUT2D eigenvalue weighted by Crippen LogP contribution is 2.22. The van der Waals surface area contributed by atoms with Gasteiger partial charge in [0.2, 0.25) is 0 Å². The maximum atomic E-state index is 12.1. The van der Waals surface area contributed by atoms with Crippen molar-refractivity contribution in [2.45, 2.75) is 38.1 Å². The van der Waals surface area contributed by atoms with Crippen LogP contribution in [0.5, 0.6) is 0 Å². The molecule has 2 heterocycles. The van der Waals surface area contributed by atoms with Gasteiger partial charge in [-0.3, -0.25) is 9.63 Å². The Morgan fingerprint density at radius 1 is 1.43 bits per heavy atom. The summed E-state index contributed by atoms with van der Waals surface area (Å²) in [6.45, 7) is 4.35. The van der Waals surface area contributed by atoms with Crippen molar-refractivity contribution >= 4 is 5.91 Å². The minimum atomic E-state index is -0.386.